The second-order valence-electron chi connectivity index (χ2n) is 16.1. The molecule has 6 fully saturated rings. The Hall–Kier alpha value is -2.24. The smallest absolute Gasteiger partial charge is 0.407 e. The quantitative estimate of drug-likeness (QED) is 0.425. The molecule has 2 N–H and O–H groups in total. The highest BCUT2D eigenvalue weighted by atomic mass is 19.1. The topological polar surface area (TPSA) is 103 Å². The van der Waals surface area contributed by atoms with E-state index in [-0.39, 0.29) is 47.9 Å². The second-order valence-corrected chi connectivity index (χ2v) is 16.1. The van der Waals surface area contributed by atoms with E-state index >= 15 is 4.39 Å². The van der Waals surface area contributed by atoms with E-state index in [2.05, 4.69) is 25.3 Å². The molecule has 256 valence electrons. The van der Waals surface area contributed by atoms with E-state index in [0.29, 0.717) is 37.9 Å². The van der Waals surface area contributed by atoms with E-state index in [4.69, 9.17) is 9.47 Å². The van der Waals surface area contributed by atoms with Crippen LogP contribution >= 0.6 is 0 Å². The van der Waals surface area contributed by atoms with Gasteiger partial charge in [0, 0.05) is 44.3 Å². The molecule has 3 aliphatic carbocycles. The standard InChI is InChI=1S/C35H54FN5O5/c1-35(2,3)46-34(44)38-23-10-14-40(19-23)30-26(36)18-24-29-32(30)45-28-17-22-9-5-4-8-21(22)16-27(28)41(29)20-25(31(24)42)33(43)37-11-15-39-12-6-7-13-39/h20-24,26-30,32H,4-19H2,1-3H3,(H,37,43)(H,38,44)/t21?,22?,23-,24?,26?,27?,28?,29?,30?,32?/m1/s1. The number of alkyl halides is 1. The average Bonchev–Trinajstić information content (AvgIpc) is 3.69. The van der Waals surface area contributed by atoms with Gasteiger partial charge in [0.05, 0.1) is 35.9 Å². The van der Waals surface area contributed by atoms with Gasteiger partial charge in [-0.2, -0.15) is 0 Å². The Labute approximate surface area is 273 Å². The van der Waals surface area contributed by atoms with Crippen molar-refractivity contribution in [2.45, 2.75) is 133 Å². The largest absolute Gasteiger partial charge is 0.444 e. The molecule has 0 aromatic carbocycles. The zero-order valence-corrected chi connectivity index (χ0v) is 27.9. The Morgan fingerprint density at radius 1 is 1.00 bits per heavy atom. The van der Waals surface area contributed by atoms with Gasteiger partial charge in [0.1, 0.15) is 11.8 Å². The number of carbonyl (C=O) groups excluding carboxylic acids is 3. The van der Waals surface area contributed by atoms with Crippen molar-refractivity contribution < 1.29 is 28.2 Å². The van der Waals surface area contributed by atoms with Crippen LogP contribution in [-0.2, 0) is 19.1 Å². The van der Waals surface area contributed by atoms with Crippen LogP contribution in [0.2, 0.25) is 0 Å². The Kier molecular flexibility index (Phi) is 9.13. The molecule has 10 nitrogen and oxygen atoms in total. The zero-order chi connectivity index (χ0) is 32.2. The number of nitrogens with zero attached hydrogens (tertiary/aromatic N) is 3. The highest BCUT2D eigenvalue weighted by Crippen LogP contribution is 2.51. The molecule has 3 saturated carbocycles. The summed E-state index contributed by atoms with van der Waals surface area (Å²) in [7, 11) is 0. The maximum absolute atomic E-state index is 16.5. The molecule has 0 radical (unpaired) electrons. The minimum atomic E-state index is -1.28. The van der Waals surface area contributed by atoms with E-state index in [1.807, 2.05) is 27.0 Å². The molecule has 0 aromatic rings. The predicted molar refractivity (Wildman–Crippen MR) is 171 cm³/mol. The Balaban J connectivity index is 1.12. The number of hydrogen-bond donors (Lipinski definition) is 2. The fourth-order valence-corrected chi connectivity index (χ4v) is 9.94. The maximum atomic E-state index is 16.5. The lowest BCUT2D eigenvalue weighted by molar-refractivity contribution is -0.219. The van der Waals surface area contributed by atoms with Crippen molar-refractivity contribution in [3.63, 3.8) is 0 Å². The molecular formula is C35H54FN5O5. The number of ketones is 1. The zero-order valence-electron chi connectivity index (χ0n) is 27.9. The van der Waals surface area contributed by atoms with E-state index in [1.165, 1.54) is 38.5 Å². The van der Waals surface area contributed by atoms with Crippen LogP contribution in [-0.4, -0.2) is 120 Å². The molecule has 4 aliphatic heterocycles. The second kappa shape index (κ2) is 13.0. The van der Waals surface area contributed by atoms with Crippen LogP contribution in [0, 0.1) is 17.8 Å². The summed E-state index contributed by atoms with van der Waals surface area (Å²) in [6.07, 6.45) is 9.60. The Morgan fingerprint density at radius 2 is 1.74 bits per heavy atom. The summed E-state index contributed by atoms with van der Waals surface area (Å²) < 4.78 is 29.0. The number of halogens is 1. The molecular weight excluding hydrogens is 589 g/mol. The molecule has 10 atom stereocenters. The van der Waals surface area contributed by atoms with Gasteiger partial charge < -0.3 is 29.9 Å². The van der Waals surface area contributed by atoms with Crippen LogP contribution in [0.3, 0.4) is 0 Å². The first-order valence-electron chi connectivity index (χ1n) is 18.1. The molecule has 9 unspecified atom stereocenters. The first-order valence-corrected chi connectivity index (χ1v) is 18.1. The third-order valence-electron chi connectivity index (χ3n) is 12.0. The van der Waals surface area contributed by atoms with Crippen LogP contribution in [0.4, 0.5) is 9.18 Å². The number of Topliss-reactive ketones (excluding diaryl/α,β-unsaturated/α-hetero) is 1. The number of rotatable bonds is 6. The fourth-order valence-electron chi connectivity index (χ4n) is 9.94. The molecule has 46 heavy (non-hydrogen) atoms. The van der Waals surface area contributed by atoms with E-state index < -0.39 is 35.9 Å². The highest BCUT2D eigenvalue weighted by Gasteiger charge is 2.61. The van der Waals surface area contributed by atoms with E-state index in [9.17, 15) is 14.4 Å². The van der Waals surface area contributed by atoms with Crippen LogP contribution in [0.25, 0.3) is 0 Å². The maximum Gasteiger partial charge on any atom is 0.407 e. The van der Waals surface area contributed by atoms with Gasteiger partial charge in [0.15, 0.2) is 5.78 Å². The van der Waals surface area contributed by atoms with Crippen molar-refractivity contribution >= 4 is 17.8 Å². The number of likely N-dealkylation sites (tertiary alicyclic amines) is 2. The molecule has 0 spiro atoms. The Bertz CT molecular complexity index is 1200. The third kappa shape index (κ3) is 6.44. The fraction of sp³-hybridized carbons (Fsp3) is 0.857. The van der Waals surface area contributed by atoms with Crippen molar-refractivity contribution in [3.8, 4) is 0 Å². The number of fused-ring (bicyclic) bond motifs is 3. The first kappa shape index (κ1) is 32.3. The van der Waals surface area contributed by atoms with Crippen molar-refractivity contribution in [2.75, 3.05) is 39.3 Å². The van der Waals surface area contributed by atoms with Crippen LogP contribution in [0.1, 0.15) is 85.0 Å². The lowest BCUT2D eigenvalue weighted by Gasteiger charge is -2.61. The molecule has 3 saturated heterocycles. The molecule has 4 heterocycles. The van der Waals surface area contributed by atoms with Gasteiger partial charge in [-0.05, 0) is 84.2 Å². The normalized spacial score (nSPS) is 39.6. The number of nitrogens with one attached hydrogen (secondary N) is 2. The number of morpholine rings is 1. The van der Waals surface area contributed by atoms with Crippen LogP contribution < -0.4 is 10.6 Å². The number of amides is 2. The van der Waals surface area contributed by atoms with Crippen LogP contribution in [0.15, 0.2) is 11.8 Å². The summed E-state index contributed by atoms with van der Waals surface area (Å²) in [5.74, 6) is 0.0448. The molecule has 7 aliphatic rings. The van der Waals surface area contributed by atoms with Crippen molar-refractivity contribution in [1.29, 1.82) is 0 Å². The summed E-state index contributed by atoms with van der Waals surface area (Å²) in [6.45, 7) is 10.0. The molecule has 7 rings (SSSR count). The molecule has 0 aromatic heterocycles. The average molecular weight is 644 g/mol. The summed E-state index contributed by atoms with van der Waals surface area (Å²) in [5, 5.41) is 6.00. The number of alkyl carbamates (subject to hydrolysis) is 1. The third-order valence-corrected chi connectivity index (χ3v) is 12.0. The SMILES string of the molecule is CC(C)(C)OC(=O)N[C@@H]1CCN(C2C(F)CC3C(=O)C(C(=O)NCCN4CCCC4)=CN4C5CC6CCCCC6CC5OC2C34)C1. The Morgan fingerprint density at radius 3 is 2.48 bits per heavy atom. The van der Waals surface area contributed by atoms with Gasteiger partial charge in [-0.1, -0.05) is 25.7 Å². The lowest BCUT2D eigenvalue weighted by Crippen LogP contribution is -2.73. The monoisotopic (exact) mass is 643 g/mol. The van der Waals surface area contributed by atoms with Gasteiger partial charge >= 0.3 is 6.09 Å². The van der Waals surface area contributed by atoms with Crippen LogP contribution in [0.5, 0.6) is 0 Å². The van der Waals surface area contributed by atoms with Gasteiger partial charge in [-0.15, -0.1) is 0 Å². The summed E-state index contributed by atoms with van der Waals surface area (Å²) in [4.78, 5) is 46.9. The molecule has 0 bridgehead atoms. The van der Waals surface area contributed by atoms with Gasteiger partial charge in [0.2, 0.25) is 0 Å². The predicted octanol–water partition coefficient (Wildman–Crippen LogP) is 3.40. The van der Waals surface area contributed by atoms with E-state index in [0.717, 1.165) is 32.5 Å². The summed E-state index contributed by atoms with van der Waals surface area (Å²) in [5.41, 5.74) is -0.413. The lowest BCUT2D eigenvalue weighted by atomic mass is 9.64. The first-order chi connectivity index (χ1) is 22.1. The summed E-state index contributed by atoms with van der Waals surface area (Å²) >= 11 is 0. The van der Waals surface area contributed by atoms with Crippen molar-refractivity contribution in [1.82, 2.24) is 25.3 Å². The minimum Gasteiger partial charge on any atom is -0.444 e. The molecule has 11 heteroatoms. The minimum absolute atomic E-state index is 0.0590. The van der Waals surface area contributed by atoms with Gasteiger partial charge in [-0.25, -0.2) is 9.18 Å². The van der Waals surface area contributed by atoms with Crippen molar-refractivity contribution in [2.24, 2.45) is 17.8 Å². The number of ether oxygens (including phenoxy) is 2. The van der Waals surface area contributed by atoms with Gasteiger partial charge in [0.25, 0.3) is 5.91 Å². The summed E-state index contributed by atoms with van der Waals surface area (Å²) in [6, 6.07) is -0.879. The van der Waals surface area contributed by atoms with Crippen molar-refractivity contribution in [3.05, 3.63) is 11.8 Å². The highest BCUT2D eigenvalue weighted by molar-refractivity contribution is 6.20. The van der Waals surface area contributed by atoms with Gasteiger partial charge in [-0.3, -0.25) is 14.5 Å². The van der Waals surface area contributed by atoms with E-state index in [1.54, 1.807) is 0 Å². The molecule has 2 amide bonds. The number of hydrogen-bond acceptors (Lipinski definition) is 8. The number of carbonyl (C=O) groups is 3.